The number of aromatic nitrogens is 3. The van der Waals surface area contributed by atoms with Gasteiger partial charge >= 0.3 is 0 Å². The number of fused-ring (bicyclic) bond motifs is 1. The molecule has 0 aliphatic carbocycles. The van der Waals surface area contributed by atoms with E-state index in [4.69, 9.17) is 0 Å². The highest BCUT2D eigenvalue weighted by molar-refractivity contribution is 5.94. The van der Waals surface area contributed by atoms with Crippen LogP contribution in [0.2, 0.25) is 0 Å². The Morgan fingerprint density at radius 1 is 1.03 bits per heavy atom. The summed E-state index contributed by atoms with van der Waals surface area (Å²) >= 11 is 0. The highest BCUT2D eigenvalue weighted by Gasteiger charge is 2.39. The van der Waals surface area contributed by atoms with Gasteiger partial charge in [0, 0.05) is 38.6 Å². The Balaban J connectivity index is 1.50. The number of amides is 2. The summed E-state index contributed by atoms with van der Waals surface area (Å²) in [6.07, 6.45) is 3.30. The second kappa shape index (κ2) is 10.2. The van der Waals surface area contributed by atoms with Crippen LogP contribution < -0.4 is 16.2 Å². The van der Waals surface area contributed by atoms with Crippen LogP contribution in [0.4, 0.5) is 4.39 Å². The third kappa shape index (κ3) is 5.25. The molecule has 3 N–H and O–H groups in total. The quantitative estimate of drug-likeness (QED) is 0.451. The number of nitrogens with zero attached hydrogens (tertiary/aromatic N) is 4. The summed E-state index contributed by atoms with van der Waals surface area (Å²) < 4.78 is 14.4. The topological polar surface area (TPSA) is 129 Å². The first-order valence-corrected chi connectivity index (χ1v) is 11.4. The SMILES string of the molecule is CC1(C)c2nc(C(=O)NCc3ccc(F)cc3)c(O)c(=O)n2CCN1CC(=O)NCc1ccncc1. The molecule has 188 valence electrons. The van der Waals surface area contributed by atoms with Crippen LogP contribution in [0, 0.1) is 5.82 Å². The van der Waals surface area contributed by atoms with Crippen molar-refractivity contribution >= 4 is 11.8 Å². The van der Waals surface area contributed by atoms with Crippen molar-refractivity contribution < 1.29 is 19.1 Å². The molecule has 0 unspecified atom stereocenters. The van der Waals surface area contributed by atoms with E-state index in [1.54, 1.807) is 26.2 Å². The summed E-state index contributed by atoms with van der Waals surface area (Å²) in [6.45, 7) is 4.66. The first-order valence-electron chi connectivity index (χ1n) is 11.4. The van der Waals surface area contributed by atoms with Crippen LogP contribution in [0.3, 0.4) is 0 Å². The molecule has 1 aromatic carbocycles. The molecule has 3 aromatic rings. The lowest BCUT2D eigenvalue weighted by Crippen LogP contribution is -2.55. The Bertz CT molecular complexity index is 1320. The first kappa shape index (κ1) is 25.0. The largest absolute Gasteiger partial charge is 0.501 e. The highest BCUT2D eigenvalue weighted by Crippen LogP contribution is 2.30. The van der Waals surface area contributed by atoms with E-state index in [1.165, 1.54) is 28.8 Å². The lowest BCUT2D eigenvalue weighted by atomic mass is 9.98. The van der Waals surface area contributed by atoms with Crippen LogP contribution in [0.15, 0.2) is 53.6 Å². The zero-order valence-corrected chi connectivity index (χ0v) is 20.0. The predicted molar refractivity (Wildman–Crippen MR) is 128 cm³/mol. The van der Waals surface area contributed by atoms with Gasteiger partial charge in [0.1, 0.15) is 11.6 Å². The minimum atomic E-state index is -0.884. The van der Waals surface area contributed by atoms with Crippen LogP contribution >= 0.6 is 0 Å². The van der Waals surface area contributed by atoms with Gasteiger partial charge in [-0.3, -0.25) is 28.8 Å². The molecule has 2 amide bonds. The normalized spacial score (nSPS) is 14.6. The van der Waals surface area contributed by atoms with Crippen molar-refractivity contribution in [2.75, 3.05) is 13.1 Å². The molecule has 10 nitrogen and oxygen atoms in total. The maximum absolute atomic E-state index is 13.1. The Morgan fingerprint density at radius 2 is 1.67 bits per heavy atom. The molecule has 3 heterocycles. The molecule has 0 radical (unpaired) electrons. The number of carbonyl (C=O) groups is 2. The Morgan fingerprint density at radius 3 is 2.36 bits per heavy atom. The van der Waals surface area contributed by atoms with Gasteiger partial charge < -0.3 is 15.7 Å². The number of carbonyl (C=O) groups excluding carboxylic acids is 2. The number of aromatic hydroxyl groups is 1. The zero-order valence-electron chi connectivity index (χ0n) is 20.0. The number of benzene rings is 1. The molecule has 2 aromatic heterocycles. The number of nitrogens with one attached hydrogen (secondary N) is 2. The van der Waals surface area contributed by atoms with E-state index < -0.39 is 34.3 Å². The van der Waals surface area contributed by atoms with Gasteiger partial charge in [0.2, 0.25) is 11.7 Å². The molecule has 0 saturated carbocycles. The number of pyridine rings is 1. The molecule has 0 fully saturated rings. The Labute approximate surface area is 206 Å². The van der Waals surface area contributed by atoms with Crippen molar-refractivity contribution in [2.45, 2.75) is 39.0 Å². The average molecular weight is 495 g/mol. The second-order valence-electron chi connectivity index (χ2n) is 9.01. The lowest BCUT2D eigenvalue weighted by molar-refractivity contribution is -0.124. The number of hydrogen-bond donors (Lipinski definition) is 3. The zero-order chi connectivity index (χ0) is 25.9. The molecule has 11 heteroatoms. The van der Waals surface area contributed by atoms with Gasteiger partial charge in [-0.1, -0.05) is 12.1 Å². The molecular formula is C25H27FN6O4. The molecule has 0 spiro atoms. The smallest absolute Gasteiger partial charge is 0.296 e. The minimum absolute atomic E-state index is 0.0565. The maximum Gasteiger partial charge on any atom is 0.296 e. The number of halogens is 1. The summed E-state index contributed by atoms with van der Waals surface area (Å²) in [4.78, 5) is 48.5. The number of rotatable bonds is 7. The third-order valence-corrected chi connectivity index (χ3v) is 6.23. The molecule has 0 atom stereocenters. The third-order valence-electron chi connectivity index (χ3n) is 6.23. The molecule has 0 saturated heterocycles. The second-order valence-corrected chi connectivity index (χ2v) is 9.01. The standard InChI is InChI=1S/C25H27FN6O4/c1-25(2)24-30-20(22(35)29-14-16-3-5-18(26)6-4-16)21(34)23(36)32(24)12-11-31(25)15-19(33)28-13-17-7-9-27-10-8-17/h3-10,34H,11-15H2,1-2H3,(H,28,33)(H,29,35). The first-order chi connectivity index (χ1) is 17.2. The van der Waals surface area contributed by atoms with Crippen molar-refractivity contribution in [3.05, 3.63) is 87.6 Å². The Kier molecular flexibility index (Phi) is 7.11. The fraction of sp³-hybridized carbons (Fsp3) is 0.320. The lowest BCUT2D eigenvalue weighted by Gasteiger charge is -2.42. The van der Waals surface area contributed by atoms with Crippen molar-refractivity contribution in [1.29, 1.82) is 0 Å². The average Bonchev–Trinajstić information content (AvgIpc) is 2.86. The summed E-state index contributed by atoms with van der Waals surface area (Å²) in [6, 6.07) is 9.20. The molecule has 1 aliphatic rings. The molecule has 0 bridgehead atoms. The molecule has 1 aliphatic heterocycles. The van der Waals surface area contributed by atoms with Gasteiger partial charge in [0.25, 0.3) is 11.5 Å². The predicted octanol–water partition coefficient (Wildman–Crippen LogP) is 1.28. The van der Waals surface area contributed by atoms with E-state index in [0.717, 1.165) is 5.56 Å². The van der Waals surface area contributed by atoms with Crippen LogP contribution in [-0.4, -0.2) is 49.4 Å². The highest BCUT2D eigenvalue weighted by atomic mass is 19.1. The van der Waals surface area contributed by atoms with Crippen molar-refractivity contribution in [3.63, 3.8) is 0 Å². The van der Waals surface area contributed by atoms with Gasteiger partial charge in [-0.05, 0) is 49.2 Å². The molecular weight excluding hydrogens is 467 g/mol. The van der Waals surface area contributed by atoms with Gasteiger partial charge in [-0.2, -0.15) is 0 Å². The van der Waals surface area contributed by atoms with Gasteiger partial charge in [0.05, 0.1) is 12.1 Å². The monoisotopic (exact) mass is 494 g/mol. The minimum Gasteiger partial charge on any atom is -0.501 e. The molecule has 36 heavy (non-hydrogen) atoms. The van der Waals surface area contributed by atoms with Crippen molar-refractivity contribution in [1.82, 2.24) is 30.1 Å². The summed E-state index contributed by atoms with van der Waals surface area (Å²) in [5, 5.41) is 15.9. The maximum atomic E-state index is 13.1. The number of hydrogen-bond acceptors (Lipinski definition) is 7. The van der Waals surface area contributed by atoms with E-state index >= 15 is 0 Å². The van der Waals surface area contributed by atoms with E-state index in [0.29, 0.717) is 18.7 Å². The van der Waals surface area contributed by atoms with Gasteiger partial charge in [0.15, 0.2) is 5.69 Å². The van der Waals surface area contributed by atoms with Crippen LogP contribution in [0.1, 0.15) is 41.3 Å². The fourth-order valence-corrected chi connectivity index (χ4v) is 4.09. The summed E-state index contributed by atoms with van der Waals surface area (Å²) in [5.41, 5.74) is -0.442. The fourth-order valence-electron chi connectivity index (χ4n) is 4.09. The van der Waals surface area contributed by atoms with E-state index in [1.807, 2.05) is 17.0 Å². The van der Waals surface area contributed by atoms with Crippen LogP contribution in [0.5, 0.6) is 5.75 Å². The Hall–Kier alpha value is -4.12. The van der Waals surface area contributed by atoms with Gasteiger partial charge in [-0.25, -0.2) is 9.37 Å². The van der Waals surface area contributed by atoms with Crippen molar-refractivity contribution in [2.24, 2.45) is 0 Å². The van der Waals surface area contributed by atoms with E-state index in [2.05, 4.69) is 20.6 Å². The molecule has 4 rings (SSSR count). The van der Waals surface area contributed by atoms with E-state index in [9.17, 15) is 23.9 Å². The van der Waals surface area contributed by atoms with Crippen LogP contribution in [-0.2, 0) is 30.0 Å². The summed E-state index contributed by atoms with van der Waals surface area (Å²) in [7, 11) is 0. The van der Waals surface area contributed by atoms with E-state index in [-0.39, 0.29) is 31.4 Å². The summed E-state index contributed by atoms with van der Waals surface area (Å²) in [5.74, 6) is -1.81. The van der Waals surface area contributed by atoms with Crippen LogP contribution in [0.25, 0.3) is 0 Å². The van der Waals surface area contributed by atoms with Crippen molar-refractivity contribution in [3.8, 4) is 5.75 Å². The van der Waals surface area contributed by atoms with Gasteiger partial charge in [-0.15, -0.1) is 0 Å².